The van der Waals surface area contributed by atoms with Crippen LogP contribution < -0.4 is 0 Å². The van der Waals surface area contributed by atoms with Crippen LogP contribution in [-0.4, -0.2) is 19.6 Å². The summed E-state index contributed by atoms with van der Waals surface area (Å²) in [4.78, 5) is 8.43. The van der Waals surface area contributed by atoms with Crippen LogP contribution in [-0.2, 0) is 78.5 Å². The molecule has 0 fully saturated rings. The summed E-state index contributed by atoms with van der Waals surface area (Å²) in [6.07, 6.45) is 0. The molecule has 6 aromatic carbocycles. The SMILES string of the molecule is Fc1c2cccc1CN1Cc3cccc(c3)CN3Cc4cccc(c4F)CN(Cc4cccc(c4)CN(Cc4cccc(c4F)C1)Cc1cccc(c1F)C3)C2. The molecule has 4 nitrogen and oxygen atoms in total. The van der Waals surface area contributed by atoms with Crippen LogP contribution in [0.5, 0.6) is 0 Å². The third-order valence-corrected chi connectivity index (χ3v) is 11.4. The first-order chi connectivity index (χ1) is 27.3. The van der Waals surface area contributed by atoms with Gasteiger partial charge < -0.3 is 0 Å². The standard InChI is InChI=1S/C48H44F4N4/c49-45-37-11-3-15-41(45)29-55-23-35-9-2-10-36(20-35)24-56-31-43-17-4-12-38(46(43)50)26-53(25-37)21-33-7-1-8-34(19-33)22-54(27-39-13-5-16-42(30-55)47(39)51)28-40-14-6-18-44(32-56)48(40)52/h1-20H,21-32H2. The highest BCUT2D eigenvalue weighted by molar-refractivity contribution is 5.33. The molecule has 0 atom stereocenters. The van der Waals surface area contributed by atoms with Crippen LogP contribution >= 0.6 is 0 Å². The summed E-state index contributed by atoms with van der Waals surface area (Å²) in [7, 11) is 0. The van der Waals surface area contributed by atoms with Crippen molar-refractivity contribution >= 4 is 0 Å². The maximum absolute atomic E-state index is 16.8. The second kappa shape index (κ2) is 15.8. The molecule has 16 bridgehead atoms. The van der Waals surface area contributed by atoms with Crippen LogP contribution in [0.25, 0.3) is 0 Å². The molecule has 6 aromatic rings. The zero-order valence-corrected chi connectivity index (χ0v) is 31.3. The third kappa shape index (κ3) is 7.93. The van der Waals surface area contributed by atoms with Gasteiger partial charge in [-0.2, -0.15) is 0 Å². The van der Waals surface area contributed by atoms with Crippen LogP contribution in [0.15, 0.2) is 121 Å². The minimum Gasteiger partial charge on any atom is -0.290 e. The lowest BCUT2D eigenvalue weighted by Gasteiger charge is -2.29. The van der Waals surface area contributed by atoms with Crippen molar-refractivity contribution in [3.63, 3.8) is 0 Å². The predicted molar refractivity (Wildman–Crippen MR) is 210 cm³/mol. The van der Waals surface area contributed by atoms with Crippen molar-refractivity contribution in [3.05, 3.63) is 211 Å². The molecule has 0 spiro atoms. The Kier molecular flexibility index (Phi) is 10.3. The number of halogens is 4. The van der Waals surface area contributed by atoms with Gasteiger partial charge >= 0.3 is 0 Å². The number of nitrogens with zero attached hydrogens (tertiary/aromatic N) is 4. The van der Waals surface area contributed by atoms with Crippen molar-refractivity contribution in [3.8, 4) is 0 Å². The van der Waals surface area contributed by atoms with Crippen molar-refractivity contribution in [1.29, 1.82) is 0 Å². The lowest BCUT2D eigenvalue weighted by molar-refractivity contribution is 0.222. The molecule has 0 N–H and O–H groups in total. The van der Waals surface area contributed by atoms with Crippen molar-refractivity contribution < 1.29 is 17.6 Å². The summed E-state index contributed by atoms with van der Waals surface area (Å²) in [5, 5.41) is 0. The number of hydrogen-bond acceptors (Lipinski definition) is 4. The van der Waals surface area contributed by atoms with Crippen molar-refractivity contribution in [2.24, 2.45) is 0 Å². The molecule has 284 valence electrons. The van der Waals surface area contributed by atoms with Gasteiger partial charge in [-0.05, 0) is 22.3 Å². The fraction of sp³-hybridized carbons (Fsp3) is 0.250. The van der Waals surface area contributed by atoms with E-state index in [0.717, 1.165) is 22.3 Å². The number of benzene rings is 6. The Hall–Kier alpha value is -5.12. The van der Waals surface area contributed by atoms with E-state index in [1.165, 1.54) is 0 Å². The summed E-state index contributed by atoms with van der Waals surface area (Å²) in [5.74, 6) is -1.20. The highest BCUT2D eigenvalue weighted by Crippen LogP contribution is 2.29. The van der Waals surface area contributed by atoms with E-state index in [0.29, 0.717) is 70.7 Å². The summed E-state index contributed by atoms with van der Waals surface area (Å²) in [6, 6.07) is 38.4. The zero-order valence-electron chi connectivity index (χ0n) is 31.3. The largest absolute Gasteiger partial charge is 0.290 e. The molecule has 0 saturated heterocycles. The Bertz CT molecular complexity index is 1970. The predicted octanol–water partition coefficient (Wildman–Crippen LogP) is 9.99. The zero-order chi connectivity index (χ0) is 38.2. The smallest absolute Gasteiger partial charge is 0.132 e. The van der Waals surface area contributed by atoms with Gasteiger partial charge in [0, 0.05) is 123 Å². The van der Waals surface area contributed by atoms with E-state index < -0.39 is 0 Å². The fourth-order valence-electron chi connectivity index (χ4n) is 8.79. The molecule has 4 aliphatic rings. The molecule has 0 aliphatic carbocycles. The van der Waals surface area contributed by atoms with Gasteiger partial charge in [0.05, 0.1) is 0 Å². The topological polar surface area (TPSA) is 13.0 Å². The van der Waals surface area contributed by atoms with E-state index in [-0.39, 0.29) is 75.6 Å². The Balaban J connectivity index is 1.29. The van der Waals surface area contributed by atoms with Gasteiger partial charge in [-0.15, -0.1) is 0 Å². The van der Waals surface area contributed by atoms with Crippen molar-refractivity contribution in [2.45, 2.75) is 78.5 Å². The van der Waals surface area contributed by atoms with Gasteiger partial charge in [0.15, 0.2) is 0 Å². The molecular formula is C48H44F4N4. The second-order valence-electron chi connectivity index (χ2n) is 15.8. The molecule has 0 amide bonds. The van der Waals surface area contributed by atoms with Gasteiger partial charge in [0.2, 0.25) is 0 Å². The summed E-state index contributed by atoms with van der Waals surface area (Å²) >= 11 is 0. The lowest BCUT2D eigenvalue weighted by Crippen LogP contribution is -2.28. The maximum Gasteiger partial charge on any atom is 0.132 e. The highest BCUT2D eigenvalue weighted by Gasteiger charge is 2.24. The fourth-order valence-corrected chi connectivity index (χ4v) is 8.79. The van der Waals surface area contributed by atoms with Crippen LogP contribution in [0.2, 0.25) is 0 Å². The average molecular weight is 753 g/mol. The summed E-state index contributed by atoms with van der Waals surface area (Å²) in [6.45, 7) is 3.88. The molecular weight excluding hydrogens is 709 g/mol. The Labute approximate surface area is 326 Å². The molecule has 0 saturated carbocycles. The normalized spacial score (nSPS) is 21.1. The van der Waals surface area contributed by atoms with Crippen LogP contribution in [0.3, 0.4) is 0 Å². The summed E-state index contributed by atoms with van der Waals surface area (Å²) in [5.41, 5.74) is 8.13. The Morgan fingerprint density at radius 3 is 0.625 bits per heavy atom. The second-order valence-corrected chi connectivity index (χ2v) is 15.8. The minimum absolute atomic E-state index is 0.262. The first-order valence-corrected chi connectivity index (χ1v) is 19.4. The van der Waals surface area contributed by atoms with E-state index in [9.17, 15) is 0 Å². The van der Waals surface area contributed by atoms with Crippen molar-refractivity contribution in [2.75, 3.05) is 0 Å². The van der Waals surface area contributed by atoms with Gasteiger partial charge in [0.25, 0.3) is 0 Å². The number of hydrogen-bond donors (Lipinski definition) is 0. The van der Waals surface area contributed by atoms with E-state index in [1.54, 1.807) is 0 Å². The lowest BCUT2D eigenvalue weighted by atomic mass is 10.0. The minimum atomic E-state index is -0.299. The number of rotatable bonds is 0. The molecule has 10 rings (SSSR count). The van der Waals surface area contributed by atoms with Gasteiger partial charge in [0.1, 0.15) is 23.3 Å². The maximum atomic E-state index is 16.8. The van der Waals surface area contributed by atoms with Crippen LogP contribution in [0, 0.1) is 23.3 Å². The molecule has 4 heterocycles. The quantitative estimate of drug-likeness (QED) is 0.143. The molecule has 4 aliphatic heterocycles. The molecule has 0 radical (unpaired) electrons. The molecule has 8 heteroatoms. The van der Waals surface area contributed by atoms with Crippen LogP contribution in [0.1, 0.15) is 66.8 Å². The Morgan fingerprint density at radius 2 is 0.429 bits per heavy atom. The molecule has 0 aromatic heterocycles. The monoisotopic (exact) mass is 752 g/mol. The van der Waals surface area contributed by atoms with E-state index in [2.05, 4.69) is 31.7 Å². The van der Waals surface area contributed by atoms with E-state index in [1.807, 2.05) is 109 Å². The van der Waals surface area contributed by atoms with Gasteiger partial charge in [-0.25, -0.2) is 17.6 Å². The van der Waals surface area contributed by atoms with Crippen molar-refractivity contribution in [1.82, 2.24) is 19.6 Å². The Morgan fingerprint density at radius 1 is 0.250 bits per heavy atom. The van der Waals surface area contributed by atoms with E-state index in [4.69, 9.17) is 0 Å². The van der Waals surface area contributed by atoms with Gasteiger partial charge in [-0.1, -0.05) is 121 Å². The molecule has 0 unspecified atom stereocenters. The highest BCUT2D eigenvalue weighted by atomic mass is 19.1. The molecule has 56 heavy (non-hydrogen) atoms. The first kappa shape index (κ1) is 36.5. The van der Waals surface area contributed by atoms with Crippen LogP contribution in [0.4, 0.5) is 17.6 Å². The summed E-state index contributed by atoms with van der Waals surface area (Å²) < 4.78 is 67.1. The third-order valence-electron chi connectivity index (χ3n) is 11.4. The van der Waals surface area contributed by atoms with E-state index >= 15 is 17.6 Å². The average Bonchev–Trinajstić information content (AvgIpc) is 3.17. The van der Waals surface area contributed by atoms with Gasteiger partial charge in [-0.3, -0.25) is 19.6 Å². The first-order valence-electron chi connectivity index (χ1n) is 19.4.